The molecule has 0 N–H and O–H groups in total. The van der Waals surface area contributed by atoms with Crippen molar-refractivity contribution in [2.45, 2.75) is 37.8 Å². The van der Waals surface area contributed by atoms with Crippen molar-refractivity contribution in [3.05, 3.63) is 30.1 Å². The van der Waals surface area contributed by atoms with Crippen LogP contribution in [0, 0.1) is 5.92 Å². The van der Waals surface area contributed by atoms with Crippen LogP contribution in [0.15, 0.2) is 18.7 Å². The molecular formula is C25H31F3N8O2. The van der Waals surface area contributed by atoms with Crippen molar-refractivity contribution in [1.29, 1.82) is 0 Å². The van der Waals surface area contributed by atoms with Gasteiger partial charge >= 0.3 is 6.18 Å². The molecule has 0 aromatic carbocycles. The Kier molecular flexibility index (Phi) is 7.01. The van der Waals surface area contributed by atoms with E-state index in [1.807, 2.05) is 16.8 Å². The molecule has 3 aromatic rings. The molecule has 0 atom stereocenters. The molecule has 4 heterocycles. The van der Waals surface area contributed by atoms with E-state index in [1.165, 1.54) is 10.9 Å². The molecule has 5 rings (SSSR count). The number of ether oxygens (including phenoxy) is 2. The molecule has 0 spiro atoms. The Labute approximate surface area is 218 Å². The highest BCUT2D eigenvalue weighted by molar-refractivity contribution is 5.68. The summed E-state index contributed by atoms with van der Waals surface area (Å²) in [6.45, 7) is 1.94. The average molecular weight is 533 g/mol. The first-order chi connectivity index (χ1) is 18.2. The molecule has 0 unspecified atom stereocenters. The standard InChI is InChI=1S/C25H31F3N8O2/c1-34(12-15-7-9-36(10-8-15)24-32-18(13-35(24)2)25(26,27)28)22-17(37-3)11-29-21(33-22)19-20(16-5-6-16)30-14-31-23(19)38-4/h11,13-16H,5-10,12H2,1-4H3. The van der Waals surface area contributed by atoms with E-state index in [-0.39, 0.29) is 0 Å². The summed E-state index contributed by atoms with van der Waals surface area (Å²) in [5.74, 6) is 3.13. The van der Waals surface area contributed by atoms with E-state index in [0.29, 0.717) is 66.3 Å². The lowest BCUT2D eigenvalue weighted by molar-refractivity contribution is -0.140. The van der Waals surface area contributed by atoms with E-state index in [2.05, 4.69) is 19.9 Å². The molecule has 2 aliphatic rings. The van der Waals surface area contributed by atoms with Crippen LogP contribution in [0.2, 0.25) is 0 Å². The van der Waals surface area contributed by atoms with Gasteiger partial charge in [-0.15, -0.1) is 0 Å². The van der Waals surface area contributed by atoms with Crippen molar-refractivity contribution in [1.82, 2.24) is 29.5 Å². The summed E-state index contributed by atoms with van der Waals surface area (Å²) < 4.78 is 51.8. The fraction of sp³-hybridized carbons (Fsp3) is 0.560. The van der Waals surface area contributed by atoms with Crippen molar-refractivity contribution in [2.24, 2.45) is 13.0 Å². The fourth-order valence-corrected chi connectivity index (χ4v) is 4.99. The molecule has 1 aliphatic heterocycles. The number of aryl methyl sites for hydroxylation is 1. The Morgan fingerprint density at radius 2 is 1.76 bits per heavy atom. The first kappa shape index (κ1) is 26.0. The zero-order valence-electron chi connectivity index (χ0n) is 21.9. The van der Waals surface area contributed by atoms with Gasteiger partial charge in [0.2, 0.25) is 11.8 Å². The zero-order chi connectivity index (χ0) is 27.0. The summed E-state index contributed by atoms with van der Waals surface area (Å²) >= 11 is 0. The number of nitrogens with zero attached hydrogens (tertiary/aromatic N) is 8. The molecule has 1 aliphatic carbocycles. The van der Waals surface area contributed by atoms with Gasteiger partial charge in [-0.1, -0.05) is 0 Å². The molecule has 2 fully saturated rings. The molecule has 0 amide bonds. The second kappa shape index (κ2) is 10.3. The summed E-state index contributed by atoms with van der Waals surface area (Å²) in [5, 5.41) is 0. The van der Waals surface area contributed by atoms with E-state index in [0.717, 1.165) is 37.6 Å². The summed E-state index contributed by atoms with van der Waals surface area (Å²) in [7, 11) is 6.70. The molecule has 0 radical (unpaired) electrons. The topological polar surface area (TPSA) is 94.3 Å². The fourth-order valence-electron chi connectivity index (χ4n) is 4.99. The van der Waals surface area contributed by atoms with Gasteiger partial charge in [0.1, 0.15) is 11.9 Å². The molecular weight excluding hydrogens is 501 g/mol. The van der Waals surface area contributed by atoms with Crippen LogP contribution in [0.4, 0.5) is 24.9 Å². The number of methoxy groups -OCH3 is 2. The maximum absolute atomic E-state index is 13.1. The number of imidazole rings is 1. The van der Waals surface area contributed by atoms with E-state index in [1.54, 1.807) is 27.5 Å². The van der Waals surface area contributed by atoms with Gasteiger partial charge in [0.25, 0.3) is 0 Å². The summed E-state index contributed by atoms with van der Waals surface area (Å²) in [4.78, 5) is 26.0. The van der Waals surface area contributed by atoms with Gasteiger partial charge in [-0.3, -0.25) is 0 Å². The van der Waals surface area contributed by atoms with Crippen LogP contribution in [0.1, 0.15) is 43.0 Å². The van der Waals surface area contributed by atoms with Gasteiger partial charge < -0.3 is 23.8 Å². The van der Waals surface area contributed by atoms with Gasteiger partial charge in [-0.2, -0.15) is 13.2 Å². The minimum atomic E-state index is -4.46. The van der Waals surface area contributed by atoms with Gasteiger partial charge in [-0.05, 0) is 31.6 Å². The molecule has 13 heteroatoms. The SMILES string of the molecule is COc1cnc(-c2c(OC)ncnc2C2CC2)nc1N(C)CC1CCN(c2nc(C(F)(F)F)cn2C)CC1. The quantitative estimate of drug-likeness (QED) is 0.428. The lowest BCUT2D eigenvalue weighted by Crippen LogP contribution is -2.39. The zero-order valence-corrected chi connectivity index (χ0v) is 21.9. The number of piperidine rings is 1. The van der Waals surface area contributed by atoms with E-state index >= 15 is 0 Å². The molecule has 38 heavy (non-hydrogen) atoms. The number of anilines is 2. The van der Waals surface area contributed by atoms with Crippen LogP contribution in [-0.2, 0) is 13.2 Å². The number of halogens is 3. The Hall–Kier alpha value is -3.64. The van der Waals surface area contributed by atoms with E-state index < -0.39 is 11.9 Å². The lowest BCUT2D eigenvalue weighted by atomic mass is 9.96. The minimum absolute atomic E-state index is 0.318. The van der Waals surface area contributed by atoms with Crippen molar-refractivity contribution in [3.8, 4) is 23.0 Å². The normalized spacial score (nSPS) is 16.6. The second-order valence-electron chi connectivity index (χ2n) is 9.85. The number of rotatable bonds is 8. The van der Waals surface area contributed by atoms with Gasteiger partial charge in [-0.25, -0.2) is 24.9 Å². The summed E-state index contributed by atoms with van der Waals surface area (Å²) in [6.07, 6.45) is 3.48. The number of hydrogen-bond acceptors (Lipinski definition) is 9. The predicted molar refractivity (Wildman–Crippen MR) is 135 cm³/mol. The largest absolute Gasteiger partial charge is 0.491 e. The van der Waals surface area contributed by atoms with Crippen LogP contribution in [-0.4, -0.2) is 70.4 Å². The third-order valence-electron chi connectivity index (χ3n) is 7.11. The first-order valence-corrected chi connectivity index (χ1v) is 12.6. The third kappa shape index (κ3) is 5.18. The highest BCUT2D eigenvalue weighted by atomic mass is 19.4. The minimum Gasteiger partial charge on any atom is -0.491 e. The van der Waals surface area contributed by atoms with Gasteiger partial charge in [0, 0.05) is 45.8 Å². The maximum Gasteiger partial charge on any atom is 0.434 e. The van der Waals surface area contributed by atoms with Crippen LogP contribution in [0.3, 0.4) is 0 Å². The monoisotopic (exact) mass is 532 g/mol. The Bertz CT molecular complexity index is 1290. The second-order valence-corrected chi connectivity index (χ2v) is 9.85. The molecule has 204 valence electrons. The van der Waals surface area contributed by atoms with Crippen molar-refractivity contribution in [2.75, 3.05) is 50.7 Å². The summed E-state index contributed by atoms with van der Waals surface area (Å²) in [6, 6.07) is 0. The highest BCUT2D eigenvalue weighted by Crippen LogP contribution is 2.45. The Morgan fingerprint density at radius 3 is 2.37 bits per heavy atom. The van der Waals surface area contributed by atoms with Gasteiger partial charge in [0.05, 0.1) is 26.1 Å². The molecule has 10 nitrogen and oxygen atoms in total. The first-order valence-electron chi connectivity index (χ1n) is 12.6. The highest BCUT2D eigenvalue weighted by Gasteiger charge is 2.36. The van der Waals surface area contributed by atoms with Crippen molar-refractivity contribution < 1.29 is 22.6 Å². The number of hydrogen-bond donors (Lipinski definition) is 0. The van der Waals surface area contributed by atoms with Crippen molar-refractivity contribution >= 4 is 11.8 Å². The number of aromatic nitrogens is 6. The van der Waals surface area contributed by atoms with Crippen LogP contribution in [0.25, 0.3) is 11.4 Å². The maximum atomic E-state index is 13.1. The smallest absolute Gasteiger partial charge is 0.434 e. The molecule has 1 saturated heterocycles. The van der Waals surface area contributed by atoms with Crippen LogP contribution in [0.5, 0.6) is 11.6 Å². The Morgan fingerprint density at radius 1 is 1.03 bits per heavy atom. The van der Waals surface area contributed by atoms with Crippen molar-refractivity contribution in [3.63, 3.8) is 0 Å². The van der Waals surface area contributed by atoms with E-state index in [9.17, 15) is 13.2 Å². The molecule has 3 aromatic heterocycles. The van der Waals surface area contributed by atoms with Crippen LogP contribution < -0.4 is 19.3 Å². The third-order valence-corrected chi connectivity index (χ3v) is 7.11. The molecule has 1 saturated carbocycles. The van der Waals surface area contributed by atoms with E-state index in [4.69, 9.17) is 14.5 Å². The van der Waals surface area contributed by atoms with Crippen LogP contribution >= 0.6 is 0 Å². The predicted octanol–water partition coefficient (Wildman–Crippen LogP) is 3.93. The summed E-state index contributed by atoms with van der Waals surface area (Å²) in [5.41, 5.74) is 0.733. The molecule has 0 bridgehead atoms. The average Bonchev–Trinajstić information content (AvgIpc) is 3.68. The Balaban J connectivity index is 1.31. The van der Waals surface area contributed by atoms with Gasteiger partial charge in [0.15, 0.2) is 23.1 Å². The lowest BCUT2D eigenvalue weighted by Gasteiger charge is -2.34. The number of alkyl halides is 3.